The van der Waals surface area contributed by atoms with Gasteiger partial charge in [-0.05, 0) is 31.0 Å². The number of benzene rings is 1. The molecule has 0 saturated carbocycles. The number of aromatic nitrogens is 1. The zero-order valence-corrected chi connectivity index (χ0v) is 11.1. The zero-order valence-electron chi connectivity index (χ0n) is 10.4. The predicted molar refractivity (Wildman–Crippen MR) is 71.9 cm³/mol. The molecule has 0 aliphatic rings. The molecule has 6 heteroatoms. The van der Waals surface area contributed by atoms with E-state index < -0.39 is 4.92 Å². The number of ether oxygens (including phenoxy) is 1. The Morgan fingerprint density at radius 2 is 2.05 bits per heavy atom. The van der Waals surface area contributed by atoms with Gasteiger partial charge >= 0.3 is 5.69 Å². The van der Waals surface area contributed by atoms with Gasteiger partial charge in [0.25, 0.3) is 0 Å². The maximum Gasteiger partial charge on any atom is 0.312 e. The van der Waals surface area contributed by atoms with Crippen molar-refractivity contribution in [2.75, 3.05) is 0 Å². The van der Waals surface area contributed by atoms with E-state index in [0.717, 1.165) is 5.56 Å². The third-order valence-electron chi connectivity index (χ3n) is 2.51. The van der Waals surface area contributed by atoms with Crippen LogP contribution in [0.2, 0.25) is 5.15 Å². The van der Waals surface area contributed by atoms with E-state index in [1.54, 1.807) is 19.9 Å². The highest BCUT2D eigenvalue weighted by Gasteiger charge is 2.19. The summed E-state index contributed by atoms with van der Waals surface area (Å²) in [6, 6.07) is 6.40. The van der Waals surface area contributed by atoms with E-state index in [9.17, 15) is 10.1 Å². The number of nitro groups is 1. The van der Waals surface area contributed by atoms with E-state index in [4.69, 9.17) is 16.3 Å². The molecule has 0 N–H and O–H groups in total. The molecule has 0 radical (unpaired) electrons. The van der Waals surface area contributed by atoms with Crippen LogP contribution < -0.4 is 4.74 Å². The van der Waals surface area contributed by atoms with Gasteiger partial charge in [0.05, 0.1) is 4.92 Å². The summed E-state index contributed by atoms with van der Waals surface area (Å²) < 4.78 is 5.57. The number of rotatable bonds is 3. The topological polar surface area (TPSA) is 65.3 Å². The maximum atomic E-state index is 11.1. The monoisotopic (exact) mass is 278 g/mol. The van der Waals surface area contributed by atoms with Gasteiger partial charge in [-0.1, -0.05) is 17.7 Å². The molecule has 0 bridgehead atoms. The molecular formula is C13H11ClN2O3. The highest BCUT2D eigenvalue weighted by molar-refractivity contribution is 6.29. The summed E-state index contributed by atoms with van der Waals surface area (Å²) in [4.78, 5) is 14.4. The lowest BCUT2D eigenvalue weighted by Crippen LogP contribution is -1.97. The minimum atomic E-state index is -0.460. The quantitative estimate of drug-likeness (QED) is 0.482. The Morgan fingerprint density at radius 3 is 2.68 bits per heavy atom. The summed E-state index contributed by atoms with van der Waals surface area (Å²) in [7, 11) is 0. The van der Waals surface area contributed by atoms with Crippen molar-refractivity contribution in [3.8, 4) is 11.5 Å². The minimum absolute atomic E-state index is 0.0644. The lowest BCUT2D eigenvalue weighted by molar-refractivity contribution is -0.385. The fraction of sp³-hybridized carbons (Fsp3) is 0.154. The van der Waals surface area contributed by atoms with Crippen LogP contribution in [0.25, 0.3) is 0 Å². The van der Waals surface area contributed by atoms with Crippen LogP contribution in [0.15, 0.2) is 30.5 Å². The van der Waals surface area contributed by atoms with Gasteiger partial charge in [-0.3, -0.25) is 10.1 Å². The van der Waals surface area contributed by atoms with Crippen LogP contribution in [-0.4, -0.2) is 9.91 Å². The molecule has 2 rings (SSSR count). The fourth-order valence-electron chi connectivity index (χ4n) is 1.77. The first-order chi connectivity index (χ1) is 8.97. The second-order valence-electron chi connectivity index (χ2n) is 4.10. The highest BCUT2D eigenvalue weighted by Crippen LogP contribution is 2.35. The van der Waals surface area contributed by atoms with Gasteiger partial charge in [-0.15, -0.1) is 0 Å². The number of hydrogen-bond acceptors (Lipinski definition) is 4. The second kappa shape index (κ2) is 5.24. The Labute approximate surface area is 115 Å². The molecule has 1 heterocycles. The zero-order chi connectivity index (χ0) is 14.0. The molecule has 0 saturated heterocycles. The second-order valence-corrected chi connectivity index (χ2v) is 4.49. The van der Waals surface area contributed by atoms with Crippen LogP contribution in [0.5, 0.6) is 11.5 Å². The minimum Gasteiger partial charge on any atom is -0.450 e. The van der Waals surface area contributed by atoms with Crippen LogP contribution in [0.4, 0.5) is 5.69 Å². The average Bonchev–Trinajstić information content (AvgIpc) is 2.32. The Kier molecular flexibility index (Phi) is 3.66. The smallest absolute Gasteiger partial charge is 0.312 e. The lowest BCUT2D eigenvalue weighted by Gasteiger charge is -2.10. The Hall–Kier alpha value is -2.14. The third kappa shape index (κ3) is 3.00. The molecule has 2 aromatic rings. The molecule has 0 fully saturated rings. The molecule has 5 nitrogen and oxygen atoms in total. The molecule has 0 amide bonds. The Bertz CT molecular complexity index is 644. The fourth-order valence-corrected chi connectivity index (χ4v) is 1.93. The van der Waals surface area contributed by atoms with Crippen molar-refractivity contribution >= 4 is 17.3 Å². The maximum absolute atomic E-state index is 11.1. The normalized spacial score (nSPS) is 10.3. The third-order valence-corrected chi connectivity index (χ3v) is 2.72. The van der Waals surface area contributed by atoms with Crippen molar-refractivity contribution in [2.24, 2.45) is 0 Å². The standard InChI is InChI=1S/C13H11ClN2O3/c1-8-5-9(2)13(11(6-8)16(17)18)19-10-3-4-15-12(14)7-10/h3-7H,1-2H3. The van der Waals surface area contributed by atoms with E-state index in [1.807, 2.05) is 6.07 Å². The van der Waals surface area contributed by atoms with Crippen molar-refractivity contribution in [2.45, 2.75) is 13.8 Å². The van der Waals surface area contributed by atoms with E-state index in [0.29, 0.717) is 11.3 Å². The summed E-state index contributed by atoms with van der Waals surface area (Å²) in [6.07, 6.45) is 1.48. The van der Waals surface area contributed by atoms with Crippen LogP contribution in [-0.2, 0) is 0 Å². The number of nitro benzene ring substituents is 1. The average molecular weight is 279 g/mol. The van der Waals surface area contributed by atoms with Crippen molar-refractivity contribution in [1.82, 2.24) is 4.98 Å². The van der Waals surface area contributed by atoms with Crippen molar-refractivity contribution in [1.29, 1.82) is 0 Å². The Balaban J connectivity index is 2.47. The van der Waals surface area contributed by atoms with Crippen molar-refractivity contribution in [3.63, 3.8) is 0 Å². The summed E-state index contributed by atoms with van der Waals surface area (Å²) in [5.41, 5.74) is 1.44. The van der Waals surface area contributed by atoms with Crippen LogP contribution in [0.1, 0.15) is 11.1 Å². The van der Waals surface area contributed by atoms with Crippen LogP contribution in [0, 0.1) is 24.0 Å². The number of halogens is 1. The predicted octanol–water partition coefficient (Wildman–Crippen LogP) is 4.05. The Morgan fingerprint density at radius 1 is 1.32 bits per heavy atom. The van der Waals surface area contributed by atoms with E-state index in [-0.39, 0.29) is 16.6 Å². The van der Waals surface area contributed by atoms with Gasteiger partial charge in [0.15, 0.2) is 0 Å². The van der Waals surface area contributed by atoms with Gasteiger partial charge < -0.3 is 4.74 Å². The number of aryl methyl sites for hydroxylation is 2. The number of pyridine rings is 1. The first kappa shape index (κ1) is 13.3. The summed E-state index contributed by atoms with van der Waals surface area (Å²) in [5.74, 6) is 0.632. The van der Waals surface area contributed by atoms with Gasteiger partial charge in [-0.25, -0.2) is 4.98 Å². The molecule has 0 atom stereocenters. The van der Waals surface area contributed by atoms with Gasteiger partial charge in [0.2, 0.25) is 5.75 Å². The highest BCUT2D eigenvalue weighted by atomic mass is 35.5. The molecule has 98 valence electrons. The molecule has 0 spiro atoms. The van der Waals surface area contributed by atoms with E-state index in [1.165, 1.54) is 18.3 Å². The van der Waals surface area contributed by atoms with Crippen molar-refractivity contribution < 1.29 is 9.66 Å². The molecule has 1 aromatic heterocycles. The molecule has 19 heavy (non-hydrogen) atoms. The largest absolute Gasteiger partial charge is 0.450 e. The SMILES string of the molecule is Cc1cc(C)c(Oc2ccnc(Cl)c2)c([N+](=O)[O-])c1. The van der Waals surface area contributed by atoms with Gasteiger partial charge in [-0.2, -0.15) is 0 Å². The molecule has 1 aromatic carbocycles. The van der Waals surface area contributed by atoms with Crippen LogP contribution in [0.3, 0.4) is 0 Å². The number of nitrogens with zero attached hydrogens (tertiary/aromatic N) is 2. The molecule has 0 unspecified atom stereocenters. The first-order valence-corrected chi connectivity index (χ1v) is 5.90. The van der Waals surface area contributed by atoms with Gasteiger partial charge in [0, 0.05) is 18.3 Å². The molecular weight excluding hydrogens is 268 g/mol. The molecule has 0 aliphatic carbocycles. The van der Waals surface area contributed by atoms with E-state index >= 15 is 0 Å². The van der Waals surface area contributed by atoms with Crippen molar-refractivity contribution in [3.05, 3.63) is 56.9 Å². The van der Waals surface area contributed by atoms with Crippen LogP contribution >= 0.6 is 11.6 Å². The summed E-state index contributed by atoms with van der Waals surface area (Å²) in [5, 5.41) is 11.3. The summed E-state index contributed by atoms with van der Waals surface area (Å²) >= 11 is 5.75. The van der Waals surface area contributed by atoms with Gasteiger partial charge in [0.1, 0.15) is 10.9 Å². The first-order valence-electron chi connectivity index (χ1n) is 5.52. The summed E-state index contributed by atoms with van der Waals surface area (Å²) in [6.45, 7) is 3.56. The number of hydrogen-bond donors (Lipinski definition) is 0. The lowest BCUT2D eigenvalue weighted by atomic mass is 10.1. The van der Waals surface area contributed by atoms with E-state index in [2.05, 4.69) is 4.98 Å². The molecule has 0 aliphatic heterocycles.